The highest BCUT2D eigenvalue weighted by atomic mass is 16.5. The van der Waals surface area contributed by atoms with Gasteiger partial charge in [0.2, 0.25) is 0 Å². The predicted molar refractivity (Wildman–Crippen MR) is 96.3 cm³/mol. The fraction of sp³-hybridized carbons (Fsp3) is 0.714. The van der Waals surface area contributed by atoms with E-state index >= 15 is 0 Å². The van der Waals surface area contributed by atoms with Gasteiger partial charge < -0.3 is 20.1 Å². The molecule has 0 saturated heterocycles. The van der Waals surface area contributed by atoms with Gasteiger partial charge >= 0.3 is 0 Å². The van der Waals surface area contributed by atoms with Crippen molar-refractivity contribution < 1.29 is 29.6 Å². The van der Waals surface area contributed by atoms with E-state index in [9.17, 15) is 24.9 Å². The molecule has 0 aromatic rings. The molecule has 0 radical (unpaired) electrons. The minimum atomic E-state index is -2.03. The van der Waals surface area contributed by atoms with Gasteiger partial charge in [-0.1, -0.05) is 32.9 Å². The number of aliphatic hydroxyl groups is 3. The van der Waals surface area contributed by atoms with E-state index in [1.54, 1.807) is 19.1 Å². The highest BCUT2D eigenvalue weighted by Crippen LogP contribution is 2.71. The first-order chi connectivity index (χ1) is 12.6. The number of fused-ring (bicyclic) bond motifs is 3. The molecule has 1 spiro atoms. The fourth-order valence-corrected chi connectivity index (χ4v) is 6.68. The number of carbonyl (C=O) groups excluding carboxylic acids is 2. The van der Waals surface area contributed by atoms with Crippen LogP contribution >= 0.6 is 0 Å². The Morgan fingerprint density at radius 2 is 2.04 bits per heavy atom. The second kappa shape index (κ2) is 5.52. The minimum Gasteiger partial charge on any atom is -0.457 e. The van der Waals surface area contributed by atoms with Gasteiger partial charge in [-0.2, -0.15) is 0 Å². The summed E-state index contributed by atoms with van der Waals surface area (Å²) in [5.41, 5.74) is -2.62. The quantitative estimate of drug-likeness (QED) is 0.501. The van der Waals surface area contributed by atoms with Gasteiger partial charge in [0.25, 0.3) is 6.47 Å². The van der Waals surface area contributed by atoms with E-state index in [1.165, 1.54) is 0 Å². The molecule has 6 heteroatoms. The van der Waals surface area contributed by atoms with Gasteiger partial charge in [0.15, 0.2) is 17.5 Å². The lowest BCUT2D eigenvalue weighted by atomic mass is 9.59. The molecule has 4 aliphatic rings. The first-order valence-electron chi connectivity index (χ1n) is 9.63. The Morgan fingerprint density at radius 3 is 2.63 bits per heavy atom. The smallest absolute Gasteiger partial charge is 0.293 e. The summed E-state index contributed by atoms with van der Waals surface area (Å²) in [5, 5.41) is 32.9. The first kappa shape index (κ1) is 18.8. The van der Waals surface area contributed by atoms with Crippen molar-refractivity contribution in [1.82, 2.24) is 0 Å². The highest BCUT2D eigenvalue weighted by molar-refractivity contribution is 5.95. The van der Waals surface area contributed by atoms with E-state index in [0.29, 0.717) is 11.5 Å². The number of ketones is 1. The van der Waals surface area contributed by atoms with Crippen molar-refractivity contribution in [2.24, 2.45) is 34.5 Å². The summed E-state index contributed by atoms with van der Waals surface area (Å²) in [4.78, 5) is 25.0. The van der Waals surface area contributed by atoms with Crippen LogP contribution in [0.1, 0.15) is 34.1 Å². The summed E-state index contributed by atoms with van der Waals surface area (Å²) in [6, 6.07) is 0. The molecule has 148 valence electrons. The molecular formula is C21H28O6. The van der Waals surface area contributed by atoms with Gasteiger partial charge in [0, 0.05) is 5.92 Å². The van der Waals surface area contributed by atoms with Crippen LogP contribution in [0.3, 0.4) is 0 Å². The zero-order valence-corrected chi connectivity index (χ0v) is 16.2. The third-order valence-electron chi connectivity index (χ3n) is 8.09. The van der Waals surface area contributed by atoms with Gasteiger partial charge in [-0.3, -0.25) is 9.59 Å². The fourth-order valence-electron chi connectivity index (χ4n) is 6.68. The Bertz CT molecular complexity index is 767. The number of allylic oxidation sites excluding steroid dienone is 1. The Labute approximate surface area is 158 Å². The largest absolute Gasteiger partial charge is 0.457 e. The van der Waals surface area contributed by atoms with Crippen LogP contribution in [-0.4, -0.2) is 52.0 Å². The average Bonchev–Trinajstić information content (AvgIpc) is 3.09. The molecule has 0 heterocycles. The standard InChI is InChI=1S/C21H28O6/c1-10-7-20-11(2)5-14-15(19(14,3)4)13(17(20)25)6-12(8-22)16(24)21(20,26)18(10)27-9-23/h6-7,9,11,13-16,18,22,24,26H,5,8H2,1-4H3/t11-,13+,14-,15+,16-,18+,20+,21+/m1/s1. The SMILES string of the molecule is CC1=C[C@]23C(=O)[C@@H](C=C(CO)[C@@H](O)[C@]2(O)[C@H]1OC=O)[C@H]1[C@@H](C[C@H]3C)C1(C)C. The van der Waals surface area contributed by atoms with Gasteiger partial charge in [-0.25, -0.2) is 0 Å². The lowest BCUT2D eigenvalue weighted by Gasteiger charge is -2.48. The third kappa shape index (κ3) is 1.96. The Hall–Kier alpha value is -1.50. The average molecular weight is 376 g/mol. The van der Waals surface area contributed by atoms with Gasteiger partial charge in [0.1, 0.15) is 6.10 Å². The third-order valence-corrected chi connectivity index (χ3v) is 8.09. The van der Waals surface area contributed by atoms with Crippen LogP contribution in [0.25, 0.3) is 0 Å². The van der Waals surface area contributed by atoms with Crippen molar-refractivity contribution in [1.29, 1.82) is 0 Å². The molecule has 4 aliphatic carbocycles. The van der Waals surface area contributed by atoms with Gasteiger partial charge in [-0.15, -0.1) is 0 Å². The second-order valence-electron chi connectivity index (χ2n) is 9.48. The number of aliphatic hydroxyl groups excluding tert-OH is 2. The van der Waals surface area contributed by atoms with Crippen molar-refractivity contribution in [3.63, 3.8) is 0 Å². The minimum absolute atomic E-state index is 0.00324. The summed E-state index contributed by atoms with van der Waals surface area (Å²) in [7, 11) is 0. The van der Waals surface area contributed by atoms with E-state index in [4.69, 9.17) is 4.74 Å². The summed E-state index contributed by atoms with van der Waals surface area (Å²) in [6.45, 7) is 7.70. The lowest BCUT2D eigenvalue weighted by Crippen LogP contribution is -2.65. The topological polar surface area (TPSA) is 104 Å². The molecule has 8 atom stereocenters. The van der Waals surface area contributed by atoms with E-state index in [1.807, 2.05) is 6.92 Å². The summed E-state index contributed by atoms with van der Waals surface area (Å²) in [6.07, 6.45) is 1.49. The summed E-state index contributed by atoms with van der Waals surface area (Å²) < 4.78 is 5.19. The van der Waals surface area contributed by atoms with E-state index in [2.05, 4.69) is 13.8 Å². The maximum absolute atomic E-state index is 13.9. The van der Waals surface area contributed by atoms with Crippen LogP contribution in [0.5, 0.6) is 0 Å². The molecule has 2 bridgehead atoms. The summed E-state index contributed by atoms with van der Waals surface area (Å²) in [5.74, 6) is -0.432. The van der Waals surface area contributed by atoms with Crippen LogP contribution in [0.2, 0.25) is 0 Å². The van der Waals surface area contributed by atoms with Crippen molar-refractivity contribution in [3.05, 3.63) is 23.3 Å². The predicted octanol–water partition coefficient (Wildman–Crippen LogP) is 0.996. The number of rotatable bonds is 3. The molecular weight excluding hydrogens is 348 g/mol. The summed E-state index contributed by atoms with van der Waals surface area (Å²) >= 11 is 0. The van der Waals surface area contributed by atoms with E-state index < -0.39 is 35.7 Å². The maximum atomic E-state index is 13.9. The Balaban J connectivity index is 1.98. The lowest BCUT2D eigenvalue weighted by molar-refractivity contribution is -0.198. The molecule has 0 aromatic carbocycles. The van der Waals surface area contributed by atoms with E-state index in [0.717, 1.165) is 6.42 Å². The van der Waals surface area contributed by atoms with Crippen LogP contribution < -0.4 is 0 Å². The van der Waals surface area contributed by atoms with Crippen molar-refractivity contribution in [3.8, 4) is 0 Å². The molecule has 0 unspecified atom stereocenters. The van der Waals surface area contributed by atoms with Gasteiger partial charge in [0.05, 0.1) is 12.0 Å². The molecule has 0 aliphatic heterocycles. The zero-order chi connectivity index (χ0) is 19.9. The Morgan fingerprint density at radius 1 is 1.37 bits per heavy atom. The van der Waals surface area contributed by atoms with Crippen LogP contribution in [0.4, 0.5) is 0 Å². The molecule has 0 amide bonds. The normalized spacial score (nSPS) is 49.8. The van der Waals surface area contributed by atoms with E-state index in [-0.39, 0.29) is 35.1 Å². The molecule has 0 aromatic heterocycles. The van der Waals surface area contributed by atoms with Crippen LogP contribution in [-0.2, 0) is 14.3 Å². The van der Waals surface area contributed by atoms with Crippen LogP contribution in [0.15, 0.2) is 23.3 Å². The van der Waals surface area contributed by atoms with Crippen molar-refractivity contribution in [2.75, 3.05) is 6.61 Å². The molecule has 2 fully saturated rings. The number of hydrogen-bond donors (Lipinski definition) is 3. The van der Waals surface area contributed by atoms with Crippen molar-refractivity contribution in [2.45, 2.75) is 51.9 Å². The molecule has 2 saturated carbocycles. The maximum Gasteiger partial charge on any atom is 0.293 e. The highest BCUT2D eigenvalue weighted by Gasteiger charge is 2.76. The molecule has 27 heavy (non-hydrogen) atoms. The Kier molecular flexibility index (Phi) is 3.85. The monoisotopic (exact) mass is 376 g/mol. The number of carbonyl (C=O) groups is 2. The molecule has 6 nitrogen and oxygen atoms in total. The second-order valence-corrected chi connectivity index (χ2v) is 9.48. The van der Waals surface area contributed by atoms with Gasteiger partial charge in [-0.05, 0) is 47.7 Å². The molecule has 4 rings (SSSR count). The van der Waals surface area contributed by atoms with Crippen LogP contribution in [0, 0.1) is 34.5 Å². The number of Topliss-reactive ketones (excluding diaryl/α,β-unsaturated/α-hetero) is 1. The number of ether oxygens (including phenoxy) is 1. The van der Waals surface area contributed by atoms with Crippen molar-refractivity contribution >= 4 is 12.3 Å². The first-order valence-corrected chi connectivity index (χ1v) is 9.63. The number of hydrogen-bond acceptors (Lipinski definition) is 6. The molecule has 3 N–H and O–H groups in total. The zero-order valence-electron chi connectivity index (χ0n) is 16.2.